The van der Waals surface area contributed by atoms with E-state index in [1.54, 1.807) is 0 Å². The van der Waals surface area contributed by atoms with Gasteiger partial charge in [-0.2, -0.15) is 0 Å². The van der Waals surface area contributed by atoms with Crippen LogP contribution < -0.4 is 0 Å². The first-order valence-electron chi connectivity index (χ1n) is 29.5. The highest BCUT2D eigenvalue weighted by atomic mass is 16.6. The van der Waals surface area contributed by atoms with Gasteiger partial charge in [-0.25, -0.2) is 0 Å². The van der Waals surface area contributed by atoms with E-state index >= 15 is 0 Å². The molecule has 0 N–H and O–H groups in total. The summed E-state index contributed by atoms with van der Waals surface area (Å²) in [5.41, 5.74) is 0. The van der Waals surface area contributed by atoms with Gasteiger partial charge >= 0.3 is 17.9 Å². The van der Waals surface area contributed by atoms with Crippen LogP contribution in [0.1, 0.15) is 316 Å². The summed E-state index contributed by atoms with van der Waals surface area (Å²) < 4.78 is 16.8. The summed E-state index contributed by atoms with van der Waals surface area (Å²) in [4.78, 5) is 38.0. The van der Waals surface area contributed by atoms with Crippen LogP contribution in [0.2, 0.25) is 0 Å². The number of ether oxygens (including phenoxy) is 3. The van der Waals surface area contributed by atoms with Gasteiger partial charge in [0.05, 0.1) is 0 Å². The van der Waals surface area contributed by atoms with Gasteiger partial charge in [-0.05, 0) is 89.9 Å². The van der Waals surface area contributed by atoms with Crippen molar-refractivity contribution in [2.45, 2.75) is 322 Å². The highest BCUT2D eigenvalue weighted by Crippen LogP contribution is 2.16. The molecule has 0 rings (SSSR count). The van der Waals surface area contributed by atoms with Crippen molar-refractivity contribution in [3.63, 3.8) is 0 Å². The van der Waals surface area contributed by atoms with Crippen LogP contribution in [-0.4, -0.2) is 37.2 Å². The molecule has 0 heterocycles. The minimum Gasteiger partial charge on any atom is -0.462 e. The lowest BCUT2D eigenvalue weighted by atomic mass is 10.0. The third-order valence-electron chi connectivity index (χ3n) is 13.1. The topological polar surface area (TPSA) is 78.9 Å². The first kappa shape index (κ1) is 64.6. The Hall–Kier alpha value is -2.37. The average Bonchev–Trinajstić information content (AvgIpc) is 3.33. The van der Waals surface area contributed by atoms with Gasteiger partial charge in [0, 0.05) is 19.3 Å². The van der Waals surface area contributed by atoms with Gasteiger partial charge < -0.3 is 14.2 Å². The van der Waals surface area contributed by atoms with E-state index in [-0.39, 0.29) is 31.1 Å². The normalized spacial score (nSPS) is 12.2. The lowest BCUT2D eigenvalue weighted by molar-refractivity contribution is -0.167. The zero-order chi connectivity index (χ0) is 48.6. The zero-order valence-corrected chi connectivity index (χ0v) is 44.9. The van der Waals surface area contributed by atoms with Gasteiger partial charge in [0.25, 0.3) is 0 Å². The SMILES string of the molecule is CCCC/C=C\CCCCCCCC(=O)OCC(COC(=O)CCCCCCCCCCCCCCC/C=C\CCCCCCCCCC)OC(=O)CCCCCCC/C=C\CCCCCC. The molecule has 0 aromatic carbocycles. The molecule has 0 aliphatic carbocycles. The first-order chi connectivity index (χ1) is 33.0. The minimum absolute atomic E-state index is 0.0757. The smallest absolute Gasteiger partial charge is 0.306 e. The van der Waals surface area contributed by atoms with Gasteiger partial charge in [0.2, 0.25) is 0 Å². The number of esters is 3. The Labute approximate surface area is 416 Å². The summed E-state index contributed by atoms with van der Waals surface area (Å²) >= 11 is 0. The highest BCUT2D eigenvalue weighted by Gasteiger charge is 2.19. The van der Waals surface area contributed by atoms with Crippen molar-refractivity contribution in [2.75, 3.05) is 13.2 Å². The van der Waals surface area contributed by atoms with Gasteiger partial charge in [-0.1, -0.05) is 243 Å². The zero-order valence-electron chi connectivity index (χ0n) is 44.9. The van der Waals surface area contributed by atoms with Crippen molar-refractivity contribution in [1.29, 1.82) is 0 Å². The minimum atomic E-state index is -0.777. The van der Waals surface area contributed by atoms with Crippen LogP contribution in [0.15, 0.2) is 36.5 Å². The summed E-state index contributed by atoms with van der Waals surface area (Å²) in [7, 11) is 0. The third-order valence-corrected chi connectivity index (χ3v) is 13.1. The van der Waals surface area contributed by atoms with Gasteiger partial charge in [-0.15, -0.1) is 0 Å². The molecule has 0 amide bonds. The van der Waals surface area contributed by atoms with Crippen molar-refractivity contribution in [3.05, 3.63) is 36.5 Å². The number of carbonyl (C=O) groups is 3. The maximum atomic E-state index is 12.8. The molecule has 6 heteroatoms. The molecule has 1 unspecified atom stereocenters. The average molecular weight is 942 g/mol. The number of unbranched alkanes of at least 4 members (excludes halogenated alkanes) is 37. The van der Waals surface area contributed by atoms with E-state index in [4.69, 9.17) is 14.2 Å². The Bertz CT molecular complexity index is 1130. The molecule has 0 fully saturated rings. The second kappa shape index (κ2) is 56.2. The maximum Gasteiger partial charge on any atom is 0.306 e. The fourth-order valence-electron chi connectivity index (χ4n) is 8.59. The summed E-state index contributed by atoms with van der Waals surface area (Å²) in [6, 6.07) is 0. The van der Waals surface area contributed by atoms with Crippen molar-refractivity contribution in [3.8, 4) is 0 Å². The molecule has 0 saturated heterocycles. The first-order valence-corrected chi connectivity index (χ1v) is 29.5. The van der Waals surface area contributed by atoms with E-state index in [2.05, 4.69) is 57.2 Å². The third kappa shape index (κ3) is 54.4. The molecule has 67 heavy (non-hydrogen) atoms. The van der Waals surface area contributed by atoms with E-state index in [9.17, 15) is 14.4 Å². The van der Waals surface area contributed by atoms with E-state index in [1.165, 1.54) is 205 Å². The van der Waals surface area contributed by atoms with Crippen LogP contribution in [0.5, 0.6) is 0 Å². The largest absolute Gasteiger partial charge is 0.462 e. The molecule has 0 spiro atoms. The Morgan fingerprint density at radius 2 is 0.507 bits per heavy atom. The van der Waals surface area contributed by atoms with Crippen molar-refractivity contribution in [2.24, 2.45) is 0 Å². The molecule has 0 radical (unpaired) electrons. The van der Waals surface area contributed by atoms with E-state index in [0.29, 0.717) is 19.3 Å². The molecule has 0 aliphatic heterocycles. The predicted octanol–water partition coefficient (Wildman–Crippen LogP) is 19.7. The van der Waals surface area contributed by atoms with Crippen LogP contribution in [0.4, 0.5) is 0 Å². The summed E-state index contributed by atoms with van der Waals surface area (Å²) in [6.45, 7) is 6.60. The molecule has 0 aromatic heterocycles. The molecule has 0 aliphatic rings. The van der Waals surface area contributed by atoms with Crippen molar-refractivity contribution in [1.82, 2.24) is 0 Å². The Kier molecular flexibility index (Phi) is 54.2. The number of rotatable bonds is 54. The van der Waals surface area contributed by atoms with Crippen molar-refractivity contribution >= 4 is 17.9 Å². The fourth-order valence-corrected chi connectivity index (χ4v) is 8.59. The van der Waals surface area contributed by atoms with E-state index in [0.717, 1.165) is 70.6 Å². The molecule has 392 valence electrons. The molecular formula is C61H112O6. The number of carbonyl (C=O) groups excluding carboxylic acids is 3. The molecule has 0 aromatic rings. The Balaban J connectivity index is 4.19. The molecule has 0 bridgehead atoms. The van der Waals surface area contributed by atoms with Crippen LogP contribution in [-0.2, 0) is 28.6 Å². The molecule has 6 nitrogen and oxygen atoms in total. The number of hydrogen-bond donors (Lipinski definition) is 0. The van der Waals surface area contributed by atoms with Crippen LogP contribution in [0.3, 0.4) is 0 Å². The molecule has 1 atom stereocenters. The van der Waals surface area contributed by atoms with Crippen LogP contribution in [0, 0.1) is 0 Å². The van der Waals surface area contributed by atoms with Gasteiger partial charge in [0.15, 0.2) is 6.10 Å². The predicted molar refractivity (Wildman–Crippen MR) is 289 cm³/mol. The number of allylic oxidation sites excluding steroid dienone is 6. The molecule has 0 saturated carbocycles. The number of hydrogen-bond acceptors (Lipinski definition) is 6. The summed E-state index contributed by atoms with van der Waals surface area (Å²) in [6.07, 6.45) is 67.2. The quantitative estimate of drug-likeness (QED) is 0.0262. The standard InChI is InChI=1S/C61H112O6/c1-4-7-10-13-16-19-22-24-25-26-27-28-29-30-31-32-33-34-35-37-39-42-45-48-51-54-60(63)66-57-58(56-65-59(62)53-50-47-44-41-38-21-18-15-12-9-6-3)67-61(64)55-52-49-46-43-40-36-23-20-17-14-11-8-5-2/h15,18,20,23,26-27,58H,4-14,16-17,19,21-22,24-25,28-57H2,1-3H3/b18-15-,23-20-,27-26-. The highest BCUT2D eigenvalue weighted by molar-refractivity contribution is 5.71. The van der Waals surface area contributed by atoms with E-state index in [1.807, 2.05) is 0 Å². The second-order valence-electron chi connectivity index (χ2n) is 19.9. The molecular weight excluding hydrogens is 829 g/mol. The van der Waals surface area contributed by atoms with Crippen LogP contribution in [0.25, 0.3) is 0 Å². The fraction of sp³-hybridized carbons (Fsp3) is 0.852. The monoisotopic (exact) mass is 941 g/mol. The van der Waals surface area contributed by atoms with Crippen LogP contribution >= 0.6 is 0 Å². The van der Waals surface area contributed by atoms with Crippen molar-refractivity contribution < 1.29 is 28.6 Å². The lowest BCUT2D eigenvalue weighted by Crippen LogP contribution is -2.30. The Morgan fingerprint density at radius 3 is 0.806 bits per heavy atom. The second-order valence-corrected chi connectivity index (χ2v) is 19.9. The van der Waals surface area contributed by atoms with E-state index < -0.39 is 6.10 Å². The Morgan fingerprint density at radius 1 is 0.284 bits per heavy atom. The van der Waals surface area contributed by atoms with Gasteiger partial charge in [0.1, 0.15) is 13.2 Å². The lowest BCUT2D eigenvalue weighted by Gasteiger charge is -2.18. The summed E-state index contributed by atoms with van der Waals surface area (Å²) in [5.74, 6) is -0.881. The maximum absolute atomic E-state index is 12.8. The van der Waals surface area contributed by atoms with Gasteiger partial charge in [-0.3, -0.25) is 14.4 Å². The summed E-state index contributed by atoms with van der Waals surface area (Å²) in [5, 5.41) is 0.